The fraction of sp³-hybridized carbons (Fsp3) is 0.387. The smallest absolute Gasteiger partial charge is 0.411 e. The number of carbonyl (C=O) groups excluding carboxylic acids is 4. The number of ether oxygens (including phenoxy) is 6. The highest BCUT2D eigenvalue weighted by Crippen LogP contribution is 2.17. The van der Waals surface area contributed by atoms with E-state index in [1.165, 1.54) is 14.2 Å². The Morgan fingerprint density at radius 3 is 1.78 bits per heavy atom. The van der Waals surface area contributed by atoms with Crippen LogP contribution in [0.3, 0.4) is 0 Å². The molecule has 0 aromatic heterocycles. The fourth-order valence-corrected chi connectivity index (χ4v) is 3.57. The number of benzene rings is 2. The zero-order chi connectivity index (χ0) is 36.0. The van der Waals surface area contributed by atoms with Gasteiger partial charge >= 0.3 is 30.1 Å². The maximum absolute atomic E-state index is 12.3. The molecule has 18 nitrogen and oxygen atoms in total. The highest BCUT2D eigenvalue weighted by Gasteiger charge is 2.24. The summed E-state index contributed by atoms with van der Waals surface area (Å²) in [5.74, 6) is -4.95. The minimum Gasteiger partial charge on any atom is -0.481 e. The van der Waals surface area contributed by atoms with E-state index in [-0.39, 0.29) is 32.2 Å². The first-order chi connectivity index (χ1) is 23.6. The van der Waals surface area contributed by atoms with E-state index in [0.717, 1.165) is 7.11 Å². The van der Waals surface area contributed by atoms with Crippen LogP contribution in [0.2, 0.25) is 0 Å². The summed E-state index contributed by atoms with van der Waals surface area (Å²) in [6.07, 6.45) is -1.72. The van der Waals surface area contributed by atoms with Crippen LogP contribution >= 0.6 is 0 Å². The predicted molar refractivity (Wildman–Crippen MR) is 172 cm³/mol. The summed E-state index contributed by atoms with van der Waals surface area (Å²) in [5.41, 5.74) is 1.87. The van der Waals surface area contributed by atoms with E-state index in [9.17, 15) is 29.1 Å². The van der Waals surface area contributed by atoms with E-state index in [1.807, 2.05) is 0 Å². The molecule has 2 amide bonds. The Bertz CT molecular complexity index is 1410. The lowest BCUT2D eigenvalue weighted by Crippen LogP contribution is -2.30. The summed E-state index contributed by atoms with van der Waals surface area (Å²) < 4.78 is 29.6. The van der Waals surface area contributed by atoms with Crippen LogP contribution in [0, 0.1) is 11.8 Å². The van der Waals surface area contributed by atoms with Gasteiger partial charge in [-0.2, -0.15) is 0 Å². The molecule has 2 aromatic carbocycles. The Hall–Kier alpha value is -5.43. The molecule has 0 bridgehead atoms. The number of nitrogens with one attached hydrogen (secondary N) is 4. The van der Waals surface area contributed by atoms with Gasteiger partial charge in [0.2, 0.25) is 0 Å². The minimum absolute atomic E-state index is 0.0673. The standard InChI is InChI=1S/C31H40N4O14/c1-20(28(38)44-4)13-45-29(39)22(14-42-2)16-47-31(41)35-26-10-6-8-24(12-26)33-19-49-48-17-21(27(36)37)15-46-30(40)34-25-9-5-7-23(11-25)32-18-43-3/h5-12,21-22,32-33H,1,13-19H2,2-4H3,(H,34,40)(H,35,41)(H,36,37). The molecule has 2 unspecified atom stereocenters. The second-order valence-corrected chi connectivity index (χ2v) is 9.83. The van der Waals surface area contributed by atoms with Crippen LogP contribution in [0.1, 0.15) is 0 Å². The van der Waals surface area contributed by atoms with Crippen LogP contribution < -0.4 is 21.3 Å². The molecule has 268 valence electrons. The number of carbonyl (C=O) groups is 5. The molecule has 0 aliphatic heterocycles. The van der Waals surface area contributed by atoms with Crippen molar-refractivity contribution in [3.8, 4) is 0 Å². The third-order valence-corrected chi connectivity index (χ3v) is 6.07. The number of methoxy groups -OCH3 is 3. The maximum atomic E-state index is 12.3. The van der Waals surface area contributed by atoms with E-state index in [0.29, 0.717) is 22.7 Å². The highest BCUT2D eigenvalue weighted by molar-refractivity contribution is 5.88. The van der Waals surface area contributed by atoms with Crippen molar-refractivity contribution < 1.29 is 67.3 Å². The number of rotatable bonds is 22. The van der Waals surface area contributed by atoms with Crippen molar-refractivity contribution in [1.29, 1.82) is 0 Å². The molecule has 18 heteroatoms. The summed E-state index contributed by atoms with van der Waals surface area (Å²) in [7, 11) is 4.05. The third kappa shape index (κ3) is 15.8. The molecule has 0 saturated carbocycles. The van der Waals surface area contributed by atoms with Crippen molar-refractivity contribution in [2.24, 2.45) is 11.8 Å². The summed E-state index contributed by atoms with van der Waals surface area (Å²) in [6.45, 7) is 1.73. The summed E-state index contributed by atoms with van der Waals surface area (Å²) in [6, 6.07) is 13.1. The van der Waals surface area contributed by atoms with Crippen molar-refractivity contribution in [3.05, 3.63) is 60.7 Å². The molecule has 5 N–H and O–H groups in total. The molecule has 0 radical (unpaired) electrons. The molecular formula is C31H40N4O14. The van der Waals surface area contributed by atoms with Gasteiger partial charge in [-0.3, -0.25) is 20.2 Å². The molecular weight excluding hydrogens is 652 g/mol. The topological polar surface area (TPSA) is 228 Å². The molecule has 0 aliphatic rings. The number of hydrogen-bond donors (Lipinski definition) is 5. The van der Waals surface area contributed by atoms with Crippen molar-refractivity contribution in [1.82, 2.24) is 0 Å². The summed E-state index contributed by atoms with van der Waals surface area (Å²) >= 11 is 0. The number of carboxylic acid groups (broad SMARTS) is 1. The second-order valence-electron chi connectivity index (χ2n) is 9.83. The van der Waals surface area contributed by atoms with Crippen LogP contribution in [0.4, 0.5) is 32.3 Å². The lowest BCUT2D eigenvalue weighted by atomic mass is 10.2. The lowest BCUT2D eigenvalue weighted by molar-refractivity contribution is -0.296. The van der Waals surface area contributed by atoms with Gasteiger partial charge < -0.3 is 44.2 Å². The molecule has 0 heterocycles. The molecule has 2 aromatic rings. The van der Waals surface area contributed by atoms with Crippen molar-refractivity contribution in [2.45, 2.75) is 0 Å². The second kappa shape index (κ2) is 22.2. The van der Waals surface area contributed by atoms with Gasteiger partial charge in [0.1, 0.15) is 38.4 Å². The van der Waals surface area contributed by atoms with Crippen LogP contribution in [-0.4, -0.2) is 103 Å². The number of carboxylic acids is 1. The van der Waals surface area contributed by atoms with E-state index >= 15 is 0 Å². The van der Waals surface area contributed by atoms with Gasteiger partial charge in [-0.1, -0.05) is 18.7 Å². The Labute approximate surface area is 281 Å². The molecule has 0 saturated heterocycles. The van der Waals surface area contributed by atoms with Crippen LogP contribution in [0.15, 0.2) is 60.7 Å². The van der Waals surface area contributed by atoms with Gasteiger partial charge in [-0.05, 0) is 36.4 Å². The van der Waals surface area contributed by atoms with Gasteiger partial charge in [0, 0.05) is 37.0 Å². The zero-order valence-corrected chi connectivity index (χ0v) is 27.2. The SMILES string of the molecule is C=C(COC(=O)C(COC)COC(=O)Nc1cccc(NCOOCC(COC(=O)Nc2cccc(NCOC)c2)C(=O)O)c1)C(=O)OC. The zero-order valence-electron chi connectivity index (χ0n) is 27.2. The molecule has 0 fully saturated rings. The van der Waals surface area contributed by atoms with Crippen LogP contribution in [-0.2, 0) is 52.6 Å². The molecule has 0 aliphatic carbocycles. The monoisotopic (exact) mass is 692 g/mol. The first-order valence-electron chi connectivity index (χ1n) is 14.5. The average Bonchev–Trinajstić information content (AvgIpc) is 3.08. The Kier molecular flexibility index (Phi) is 18.0. The van der Waals surface area contributed by atoms with Crippen molar-refractivity contribution >= 4 is 52.8 Å². The Morgan fingerprint density at radius 1 is 0.694 bits per heavy atom. The predicted octanol–water partition coefficient (Wildman–Crippen LogP) is 3.05. The number of anilines is 4. The number of hydrogen-bond acceptors (Lipinski definition) is 15. The third-order valence-electron chi connectivity index (χ3n) is 6.07. The highest BCUT2D eigenvalue weighted by atomic mass is 17.2. The number of aliphatic carboxylic acids is 1. The molecule has 2 atom stereocenters. The minimum atomic E-state index is -1.27. The van der Waals surface area contributed by atoms with Gasteiger partial charge in [0.05, 0.1) is 25.9 Å². The lowest BCUT2D eigenvalue weighted by Gasteiger charge is -2.16. The molecule has 49 heavy (non-hydrogen) atoms. The van der Waals surface area contributed by atoms with E-state index in [4.69, 9.17) is 33.5 Å². The summed E-state index contributed by atoms with van der Waals surface area (Å²) in [4.78, 5) is 69.8. The summed E-state index contributed by atoms with van der Waals surface area (Å²) in [5, 5.41) is 20.3. The van der Waals surface area contributed by atoms with Gasteiger partial charge in [0.15, 0.2) is 6.73 Å². The average molecular weight is 693 g/mol. The van der Waals surface area contributed by atoms with E-state index in [2.05, 4.69) is 32.6 Å². The van der Waals surface area contributed by atoms with Gasteiger partial charge in [0.25, 0.3) is 0 Å². The van der Waals surface area contributed by atoms with Crippen LogP contribution in [0.25, 0.3) is 0 Å². The first kappa shape index (κ1) is 39.7. The molecule has 2 rings (SSSR count). The maximum Gasteiger partial charge on any atom is 0.411 e. The van der Waals surface area contributed by atoms with Crippen LogP contribution in [0.5, 0.6) is 0 Å². The number of esters is 2. The fourth-order valence-electron chi connectivity index (χ4n) is 3.57. The first-order valence-corrected chi connectivity index (χ1v) is 14.5. The number of amides is 2. The van der Waals surface area contributed by atoms with Crippen molar-refractivity contribution in [3.63, 3.8) is 0 Å². The van der Waals surface area contributed by atoms with E-state index in [1.54, 1.807) is 48.5 Å². The largest absolute Gasteiger partial charge is 0.481 e. The van der Waals surface area contributed by atoms with Crippen molar-refractivity contribution in [2.75, 3.05) is 89.1 Å². The van der Waals surface area contributed by atoms with Gasteiger partial charge in [-0.15, -0.1) is 0 Å². The Balaban J connectivity index is 1.73. The van der Waals surface area contributed by atoms with Gasteiger partial charge in [-0.25, -0.2) is 24.2 Å². The molecule has 0 spiro atoms. The van der Waals surface area contributed by atoms with E-state index < -0.39 is 61.8 Å². The Morgan fingerprint density at radius 2 is 1.24 bits per heavy atom. The normalized spacial score (nSPS) is 11.7. The quantitative estimate of drug-likeness (QED) is 0.0227.